The standard InChI is InChI=1S/C13H14O6/c1-16-8-3-4-10(17-2)9(7-8)12(14)19-11-5-6-18-13(11)15/h3-4,7,11H,5-6H2,1-2H3. The molecule has 1 heterocycles. The quantitative estimate of drug-likeness (QED) is 0.762. The second kappa shape index (κ2) is 5.60. The van der Waals surface area contributed by atoms with Gasteiger partial charge in [0.2, 0.25) is 6.10 Å². The smallest absolute Gasteiger partial charge is 0.347 e. The minimum atomic E-state index is -0.844. The molecule has 0 saturated carbocycles. The van der Waals surface area contributed by atoms with Crippen LogP contribution in [0.3, 0.4) is 0 Å². The second-order valence-electron chi connectivity index (χ2n) is 3.92. The molecule has 1 aromatic carbocycles. The third kappa shape index (κ3) is 2.78. The molecule has 19 heavy (non-hydrogen) atoms. The van der Waals surface area contributed by atoms with E-state index in [2.05, 4.69) is 0 Å². The summed E-state index contributed by atoms with van der Waals surface area (Å²) in [5.74, 6) is -0.297. The summed E-state index contributed by atoms with van der Waals surface area (Å²) in [4.78, 5) is 23.3. The maximum atomic E-state index is 12.0. The van der Waals surface area contributed by atoms with Crippen LogP contribution in [-0.4, -0.2) is 38.9 Å². The Morgan fingerprint density at radius 2 is 2.11 bits per heavy atom. The minimum absolute atomic E-state index is 0.210. The molecule has 2 rings (SSSR count). The van der Waals surface area contributed by atoms with Crippen molar-refractivity contribution < 1.29 is 28.5 Å². The van der Waals surface area contributed by atoms with Crippen LogP contribution in [0.1, 0.15) is 16.8 Å². The highest BCUT2D eigenvalue weighted by molar-refractivity contribution is 5.94. The van der Waals surface area contributed by atoms with Gasteiger partial charge in [0.15, 0.2) is 0 Å². The predicted molar refractivity (Wildman–Crippen MR) is 64.3 cm³/mol. The Morgan fingerprint density at radius 3 is 2.68 bits per heavy atom. The van der Waals surface area contributed by atoms with Crippen LogP contribution in [0, 0.1) is 0 Å². The van der Waals surface area contributed by atoms with Crippen LogP contribution in [0.2, 0.25) is 0 Å². The summed E-state index contributed by atoms with van der Waals surface area (Å²) >= 11 is 0. The summed E-state index contributed by atoms with van der Waals surface area (Å²) in [6.07, 6.45) is -0.472. The first-order valence-electron chi connectivity index (χ1n) is 5.75. The van der Waals surface area contributed by atoms with Crippen molar-refractivity contribution >= 4 is 11.9 Å². The maximum absolute atomic E-state index is 12.0. The van der Waals surface area contributed by atoms with Crippen molar-refractivity contribution in [3.63, 3.8) is 0 Å². The Morgan fingerprint density at radius 1 is 1.32 bits per heavy atom. The van der Waals surface area contributed by atoms with Gasteiger partial charge in [0.25, 0.3) is 0 Å². The molecule has 6 nitrogen and oxygen atoms in total. The van der Waals surface area contributed by atoms with Crippen LogP contribution < -0.4 is 9.47 Å². The molecule has 0 amide bonds. The molecule has 1 fully saturated rings. The zero-order valence-electron chi connectivity index (χ0n) is 10.7. The Bertz CT molecular complexity index is 496. The molecule has 0 bridgehead atoms. The van der Waals surface area contributed by atoms with E-state index < -0.39 is 18.0 Å². The van der Waals surface area contributed by atoms with E-state index >= 15 is 0 Å². The molecule has 1 aliphatic rings. The summed E-state index contributed by atoms with van der Waals surface area (Å²) in [5, 5.41) is 0. The van der Waals surface area contributed by atoms with Crippen LogP contribution in [0.15, 0.2) is 18.2 Å². The molecule has 0 N–H and O–H groups in total. The van der Waals surface area contributed by atoms with Gasteiger partial charge in [-0.1, -0.05) is 0 Å². The molecule has 0 radical (unpaired) electrons. The van der Waals surface area contributed by atoms with E-state index in [1.807, 2.05) is 0 Å². The van der Waals surface area contributed by atoms with Crippen LogP contribution >= 0.6 is 0 Å². The van der Waals surface area contributed by atoms with Gasteiger partial charge in [-0.15, -0.1) is 0 Å². The molecule has 6 heteroatoms. The molecule has 0 aromatic heterocycles. The third-order valence-electron chi connectivity index (χ3n) is 2.76. The molecular weight excluding hydrogens is 252 g/mol. The number of hydrogen-bond donors (Lipinski definition) is 0. The van der Waals surface area contributed by atoms with Crippen LogP contribution in [0.5, 0.6) is 11.5 Å². The lowest BCUT2D eigenvalue weighted by molar-refractivity contribution is -0.145. The highest BCUT2D eigenvalue weighted by atomic mass is 16.6. The van der Waals surface area contributed by atoms with Crippen LogP contribution in [0.25, 0.3) is 0 Å². The van der Waals surface area contributed by atoms with Gasteiger partial charge >= 0.3 is 11.9 Å². The number of rotatable bonds is 4. The van der Waals surface area contributed by atoms with E-state index in [0.29, 0.717) is 17.9 Å². The zero-order valence-corrected chi connectivity index (χ0v) is 10.7. The highest BCUT2D eigenvalue weighted by Gasteiger charge is 2.31. The van der Waals surface area contributed by atoms with Crippen molar-refractivity contribution in [3.8, 4) is 11.5 Å². The summed E-state index contributed by atoms with van der Waals surface area (Å²) in [6, 6.07) is 4.77. The van der Waals surface area contributed by atoms with Gasteiger partial charge in [0.05, 0.1) is 20.8 Å². The van der Waals surface area contributed by atoms with Gasteiger partial charge in [-0.3, -0.25) is 0 Å². The average molecular weight is 266 g/mol. The highest BCUT2D eigenvalue weighted by Crippen LogP contribution is 2.25. The molecule has 1 aliphatic heterocycles. The Kier molecular flexibility index (Phi) is 3.89. The first-order chi connectivity index (χ1) is 9.15. The van der Waals surface area contributed by atoms with Crippen molar-refractivity contribution in [2.24, 2.45) is 0 Å². The minimum Gasteiger partial charge on any atom is -0.497 e. The third-order valence-corrected chi connectivity index (χ3v) is 2.76. The van der Waals surface area contributed by atoms with Gasteiger partial charge in [0.1, 0.15) is 17.1 Å². The summed E-state index contributed by atoms with van der Waals surface area (Å²) < 4.78 is 20.0. The topological polar surface area (TPSA) is 71.1 Å². The molecule has 102 valence electrons. The van der Waals surface area contributed by atoms with Crippen molar-refractivity contribution in [3.05, 3.63) is 23.8 Å². The van der Waals surface area contributed by atoms with Crippen molar-refractivity contribution in [1.82, 2.24) is 0 Å². The lowest BCUT2D eigenvalue weighted by atomic mass is 10.2. The lowest BCUT2D eigenvalue weighted by Gasteiger charge is -2.12. The molecule has 1 aromatic rings. The number of esters is 2. The first kappa shape index (κ1) is 13.2. The van der Waals surface area contributed by atoms with Crippen molar-refractivity contribution in [1.29, 1.82) is 0 Å². The SMILES string of the molecule is COc1ccc(OC)c(C(=O)OC2CCOC2=O)c1. The van der Waals surface area contributed by atoms with Gasteiger partial charge < -0.3 is 18.9 Å². The van der Waals surface area contributed by atoms with Gasteiger partial charge in [-0.25, -0.2) is 9.59 Å². The van der Waals surface area contributed by atoms with E-state index in [1.54, 1.807) is 12.1 Å². The molecule has 0 spiro atoms. The zero-order chi connectivity index (χ0) is 13.8. The Hall–Kier alpha value is -2.24. The second-order valence-corrected chi connectivity index (χ2v) is 3.92. The van der Waals surface area contributed by atoms with E-state index in [4.69, 9.17) is 18.9 Å². The van der Waals surface area contributed by atoms with E-state index in [0.717, 1.165) is 0 Å². The largest absolute Gasteiger partial charge is 0.497 e. The van der Waals surface area contributed by atoms with E-state index in [-0.39, 0.29) is 12.2 Å². The molecule has 0 aliphatic carbocycles. The molecule has 1 saturated heterocycles. The summed E-state index contributed by atoms with van der Waals surface area (Å²) in [6.45, 7) is 0.270. The first-order valence-corrected chi connectivity index (χ1v) is 5.75. The number of benzene rings is 1. The number of carbonyl (C=O) groups excluding carboxylic acids is 2. The summed E-state index contributed by atoms with van der Waals surface area (Å²) in [5.41, 5.74) is 0.210. The van der Waals surface area contributed by atoms with Crippen LogP contribution in [-0.2, 0) is 14.3 Å². The monoisotopic (exact) mass is 266 g/mol. The van der Waals surface area contributed by atoms with E-state index in [1.165, 1.54) is 20.3 Å². The number of ether oxygens (including phenoxy) is 4. The fourth-order valence-electron chi connectivity index (χ4n) is 1.75. The van der Waals surface area contributed by atoms with Gasteiger partial charge in [-0.05, 0) is 18.2 Å². The number of hydrogen-bond acceptors (Lipinski definition) is 6. The fourth-order valence-corrected chi connectivity index (χ4v) is 1.75. The van der Waals surface area contributed by atoms with Gasteiger partial charge in [-0.2, -0.15) is 0 Å². The van der Waals surface area contributed by atoms with E-state index in [9.17, 15) is 9.59 Å². The Labute approximate surface area is 110 Å². The Balaban J connectivity index is 2.19. The number of cyclic esters (lactones) is 1. The van der Waals surface area contributed by atoms with Crippen LogP contribution in [0.4, 0.5) is 0 Å². The predicted octanol–water partition coefficient (Wildman–Crippen LogP) is 1.18. The normalized spacial score (nSPS) is 17.8. The lowest BCUT2D eigenvalue weighted by Crippen LogP contribution is -2.23. The maximum Gasteiger partial charge on any atom is 0.347 e. The fraction of sp³-hybridized carbons (Fsp3) is 0.385. The van der Waals surface area contributed by atoms with Crippen molar-refractivity contribution in [2.45, 2.75) is 12.5 Å². The molecule has 1 atom stereocenters. The summed E-state index contributed by atoms with van der Waals surface area (Å²) in [7, 11) is 2.94. The van der Waals surface area contributed by atoms with Gasteiger partial charge in [0, 0.05) is 6.42 Å². The molecular formula is C13H14O6. The number of carbonyl (C=O) groups is 2. The number of methoxy groups -OCH3 is 2. The molecule has 1 unspecified atom stereocenters. The van der Waals surface area contributed by atoms with Crippen molar-refractivity contribution in [2.75, 3.05) is 20.8 Å². The average Bonchev–Trinajstić information content (AvgIpc) is 2.83.